The van der Waals surface area contributed by atoms with Crippen molar-refractivity contribution in [3.05, 3.63) is 0 Å². The predicted molar refractivity (Wildman–Crippen MR) is 67.1 cm³/mol. The Balaban J connectivity index is 2.22. The van der Waals surface area contributed by atoms with Crippen LogP contribution in [0, 0.1) is 11.3 Å². The smallest absolute Gasteiger partial charge is 0.220 e. The molecule has 3 heteroatoms. The van der Waals surface area contributed by atoms with Crippen LogP contribution in [-0.2, 0) is 4.79 Å². The number of halogens is 1. The molecule has 2 atom stereocenters. The second-order valence-electron chi connectivity index (χ2n) is 5.75. The Bertz CT molecular complexity index is 222. The summed E-state index contributed by atoms with van der Waals surface area (Å²) in [5.74, 6) is 0.822. The first kappa shape index (κ1) is 13.0. The van der Waals surface area contributed by atoms with Gasteiger partial charge in [-0.25, -0.2) is 0 Å². The minimum absolute atomic E-state index is 0.0908. The SMILES string of the molecule is CC(C)(C)CC(=O)NCC1CCCC1Br. The Kier molecular flexibility index (Phi) is 4.63. The number of nitrogens with one attached hydrogen (secondary N) is 1. The van der Waals surface area contributed by atoms with Crippen LogP contribution in [-0.4, -0.2) is 17.3 Å². The van der Waals surface area contributed by atoms with E-state index in [0.29, 0.717) is 17.2 Å². The lowest BCUT2D eigenvalue weighted by Gasteiger charge is -2.19. The molecule has 1 aliphatic carbocycles. The fourth-order valence-electron chi connectivity index (χ4n) is 2.01. The van der Waals surface area contributed by atoms with Crippen LogP contribution in [0.25, 0.3) is 0 Å². The van der Waals surface area contributed by atoms with E-state index in [9.17, 15) is 4.79 Å². The van der Waals surface area contributed by atoms with E-state index in [1.807, 2.05) is 0 Å². The van der Waals surface area contributed by atoms with Gasteiger partial charge < -0.3 is 5.32 Å². The summed E-state index contributed by atoms with van der Waals surface area (Å²) >= 11 is 3.66. The molecule has 1 rings (SSSR count). The third-order valence-corrected chi connectivity index (χ3v) is 4.02. The molecule has 0 heterocycles. The van der Waals surface area contributed by atoms with Crippen LogP contribution in [0.1, 0.15) is 46.5 Å². The van der Waals surface area contributed by atoms with E-state index in [1.54, 1.807) is 0 Å². The molecular weight excluding hydrogens is 254 g/mol. The Morgan fingerprint density at radius 1 is 1.40 bits per heavy atom. The van der Waals surface area contributed by atoms with E-state index in [-0.39, 0.29) is 11.3 Å². The molecule has 0 saturated heterocycles. The molecule has 0 aliphatic heterocycles. The number of carbonyl (C=O) groups excluding carboxylic acids is 1. The number of hydrogen-bond donors (Lipinski definition) is 1. The quantitative estimate of drug-likeness (QED) is 0.788. The standard InChI is InChI=1S/C12H22BrNO/c1-12(2,3)7-11(15)14-8-9-5-4-6-10(9)13/h9-10H,4-8H2,1-3H3,(H,14,15). The zero-order chi connectivity index (χ0) is 11.5. The highest BCUT2D eigenvalue weighted by atomic mass is 79.9. The first-order valence-electron chi connectivity index (χ1n) is 5.79. The summed E-state index contributed by atoms with van der Waals surface area (Å²) in [7, 11) is 0. The molecule has 2 unspecified atom stereocenters. The molecule has 0 radical (unpaired) electrons. The number of carbonyl (C=O) groups is 1. The van der Waals surface area contributed by atoms with Crippen molar-refractivity contribution in [2.75, 3.05) is 6.54 Å². The summed E-state index contributed by atoms with van der Waals surface area (Å²) in [6.07, 6.45) is 4.40. The van der Waals surface area contributed by atoms with Gasteiger partial charge in [0.2, 0.25) is 5.91 Å². The maximum atomic E-state index is 11.6. The molecule has 0 aromatic carbocycles. The first-order chi connectivity index (χ1) is 6.88. The van der Waals surface area contributed by atoms with Gasteiger partial charge in [0.1, 0.15) is 0 Å². The van der Waals surface area contributed by atoms with Crippen molar-refractivity contribution < 1.29 is 4.79 Å². The Morgan fingerprint density at radius 2 is 2.07 bits per heavy atom. The van der Waals surface area contributed by atoms with Crippen LogP contribution in [0.2, 0.25) is 0 Å². The zero-order valence-electron chi connectivity index (χ0n) is 9.98. The molecule has 0 aromatic rings. The van der Waals surface area contributed by atoms with Crippen LogP contribution >= 0.6 is 15.9 Å². The lowest BCUT2D eigenvalue weighted by atomic mass is 9.92. The molecule has 15 heavy (non-hydrogen) atoms. The normalized spacial score (nSPS) is 26.7. The second-order valence-corrected chi connectivity index (χ2v) is 6.92. The molecule has 88 valence electrons. The topological polar surface area (TPSA) is 29.1 Å². The Hall–Kier alpha value is -0.0500. The van der Waals surface area contributed by atoms with E-state index in [1.165, 1.54) is 19.3 Å². The van der Waals surface area contributed by atoms with Gasteiger partial charge in [-0.15, -0.1) is 0 Å². The van der Waals surface area contributed by atoms with Crippen molar-refractivity contribution >= 4 is 21.8 Å². The first-order valence-corrected chi connectivity index (χ1v) is 6.71. The second kappa shape index (κ2) is 5.33. The van der Waals surface area contributed by atoms with Gasteiger partial charge in [-0.3, -0.25) is 4.79 Å². The van der Waals surface area contributed by atoms with E-state index < -0.39 is 0 Å². The highest BCUT2D eigenvalue weighted by molar-refractivity contribution is 9.09. The molecule has 2 nitrogen and oxygen atoms in total. The van der Waals surface area contributed by atoms with E-state index in [2.05, 4.69) is 42.0 Å². The fourth-order valence-corrected chi connectivity index (χ4v) is 2.79. The number of amides is 1. The van der Waals surface area contributed by atoms with E-state index in [0.717, 1.165) is 6.54 Å². The number of alkyl halides is 1. The summed E-state index contributed by atoms with van der Waals surface area (Å²) in [6.45, 7) is 7.12. The molecule has 0 bridgehead atoms. The van der Waals surface area contributed by atoms with Gasteiger partial charge in [0.05, 0.1) is 0 Å². The van der Waals surface area contributed by atoms with Crippen molar-refractivity contribution in [2.24, 2.45) is 11.3 Å². The van der Waals surface area contributed by atoms with Gasteiger partial charge in [0.25, 0.3) is 0 Å². The summed E-state index contributed by atoms with van der Waals surface area (Å²) < 4.78 is 0. The zero-order valence-corrected chi connectivity index (χ0v) is 11.6. The average molecular weight is 276 g/mol. The molecule has 1 fully saturated rings. The van der Waals surface area contributed by atoms with Gasteiger partial charge in [0, 0.05) is 17.8 Å². The van der Waals surface area contributed by atoms with Crippen LogP contribution in [0.3, 0.4) is 0 Å². The summed E-state index contributed by atoms with van der Waals surface area (Å²) in [6, 6.07) is 0. The van der Waals surface area contributed by atoms with Gasteiger partial charge in [-0.05, 0) is 24.2 Å². The summed E-state index contributed by atoms with van der Waals surface area (Å²) in [5, 5.41) is 3.04. The highest BCUT2D eigenvalue weighted by Gasteiger charge is 2.25. The largest absolute Gasteiger partial charge is 0.356 e. The molecule has 1 saturated carbocycles. The summed E-state index contributed by atoms with van der Waals surface area (Å²) in [5.41, 5.74) is 0.0908. The number of rotatable bonds is 3. The fraction of sp³-hybridized carbons (Fsp3) is 0.917. The summed E-state index contributed by atoms with van der Waals surface area (Å²) in [4.78, 5) is 12.2. The van der Waals surface area contributed by atoms with Crippen LogP contribution in [0.4, 0.5) is 0 Å². The van der Waals surface area contributed by atoms with Crippen molar-refractivity contribution in [2.45, 2.75) is 51.3 Å². The Morgan fingerprint density at radius 3 is 2.53 bits per heavy atom. The van der Waals surface area contributed by atoms with Crippen molar-refractivity contribution in [1.82, 2.24) is 5.32 Å². The predicted octanol–water partition coefficient (Wildman–Crippen LogP) is 3.10. The lowest BCUT2D eigenvalue weighted by Crippen LogP contribution is -2.33. The highest BCUT2D eigenvalue weighted by Crippen LogP contribution is 2.30. The molecular formula is C12H22BrNO. The lowest BCUT2D eigenvalue weighted by molar-refractivity contribution is -0.122. The molecule has 1 N–H and O–H groups in total. The van der Waals surface area contributed by atoms with Gasteiger partial charge in [0.15, 0.2) is 0 Å². The average Bonchev–Trinajstić information content (AvgIpc) is 2.44. The van der Waals surface area contributed by atoms with E-state index in [4.69, 9.17) is 0 Å². The molecule has 0 spiro atoms. The van der Waals surface area contributed by atoms with Gasteiger partial charge >= 0.3 is 0 Å². The van der Waals surface area contributed by atoms with Crippen molar-refractivity contribution in [3.8, 4) is 0 Å². The third-order valence-electron chi connectivity index (χ3n) is 2.82. The van der Waals surface area contributed by atoms with Crippen molar-refractivity contribution in [1.29, 1.82) is 0 Å². The third kappa shape index (κ3) is 5.01. The maximum absolute atomic E-state index is 11.6. The van der Waals surface area contributed by atoms with Crippen LogP contribution in [0.15, 0.2) is 0 Å². The monoisotopic (exact) mass is 275 g/mol. The maximum Gasteiger partial charge on any atom is 0.220 e. The minimum atomic E-state index is 0.0908. The van der Waals surface area contributed by atoms with E-state index >= 15 is 0 Å². The number of hydrogen-bond acceptors (Lipinski definition) is 1. The molecule has 1 amide bonds. The van der Waals surface area contributed by atoms with Crippen LogP contribution < -0.4 is 5.32 Å². The van der Waals surface area contributed by atoms with Crippen molar-refractivity contribution in [3.63, 3.8) is 0 Å². The van der Waals surface area contributed by atoms with Gasteiger partial charge in [-0.1, -0.05) is 43.1 Å². The molecule has 0 aromatic heterocycles. The molecule has 1 aliphatic rings. The minimum Gasteiger partial charge on any atom is -0.356 e. The van der Waals surface area contributed by atoms with Gasteiger partial charge in [-0.2, -0.15) is 0 Å². The van der Waals surface area contributed by atoms with Crippen LogP contribution in [0.5, 0.6) is 0 Å². The Labute approximate surface area is 101 Å².